The fraction of sp³-hybridized carbons (Fsp3) is 0.350. The Balaban J connectivity index is 1.50. The molecule has 1 saturated heterocycles. The first-order chi connectivity index (χ1) is 14.2. The highest BCUT2D eigenvalue weighted by molar-refractivity contribution is 7.89. The van der Waals surface area contributed by atoms with Gasteiger partial charge in [-0.15, -0.1) is 0 Å². The van der Waals surface area contributed by atoms with Gasteiger partial charge in [0, 0.05) is 39.1 Å². The summed E-state index contributed by atoms with van der Waals surface area (Å²) < 4.78 is 53.7. The molecule has 2 aromatic carbocycles. The Hall–Kier alpha value is -2.27. The summed E-state index contributed by atoms with van der Waals surface area (Å²) in [6.07, 6.45) is 0.0107. The third-order valence-corrected chi connectivity index (χ3v) is 8.32. The van der Waals surface area contributed by atoms with E-state index in [9.17, 15) is 21.6 Å². The quantitative estimate of drug-likeness (QED) is 0.681. The number of rotatable bonds is 7. The van der Waals surface area contributed by atoms with Crippen LogP contribution in [0.3, 0.4) is 0 Å². The minimum absolute atomic E-state index is 0.0107. The van der Waals surface area contributed by atoms with Crippen LogP contribution in [0.5, 0.6) is 0 Å². The molecule has 1 aliphatic rings. The van der Waals surface area contributed by atoms with Crippen LogP contribution in [-0.4, -0.2) is 64.7 Å². The highest BCUT2D eigenvalue weighted by Crippen LogP contribution is 2.18. The second-order valence-electron chi connectivity index (χ2n) is 7.06. The van der Waals surface area contributed by atoms with Crippen LogP contribution < -0.4 is 4.72 Å². The number of carbonyl (C=O) groups is 1. The summed E-state index contributed by atoms with van der Waals surface area (Å²) in [5, 5.41) is 0. The van der Waals surface area contributed by atoms with E-state index in [1.165, 1.54) is 16.4 Å². The molecule has 1 N–H and O–H groups in total. The lowest BCUT2D eigenvalue weighted by Crippen LogP contribution is -2.50. The zero-order valence-electron chi connectivity index (χ0n) is 16.7. The number of aryl methyl sites for hydroxylation is 1. The Labute approximate surface area is 177 Å². The fourth-order valence-electron chi connectivity index (χ4n) is 3.17. The van der Waals surface area contributed by atoms with Crippen molar-refractivity contribution in [2.75, 3.05) is 32.7 Å². The van der Waals surface area contributed by atoms with E-state index in [0.29, 0.717) is 0 Å². The number of hydrogen-bond donors (Lipinski definition) is 1. The molecular formula is C20H25N3O5S2. The maximum Gasteiger partial charge on any atom is 0.243 e. The topological polar surface area (TPSA) is 104 Å². The number of hydrogen-bond acceptors (Lipinski definition) is 5. The molecule has 0 aromatic heterocycles. The fourth-order valence-corrected chi connectivity index (χ4v) is 5.65. The van der Waals surface area contributed by atoms with E-state index in [2.05, 4.69) is 4.72 Å². The van der Waals surface area contributed by atoms with Gasteiger partial charge in [-0.2, -0.15) is 4.31 Å². The van der Waals surface area contributed by atoms with Gasteiger partial charge in [0.15, 0.2) is 0 Å². The second-order valence-corrected chi connectivity index (χ2v) is 10.8. The molecule has 2 aromatic rings. The van der Waals surface area contributed by atoms with Gasteiger partial charge in [0.25, 0.3) is 0 Å². The lowest BCUT2D eigenvalue weighted by atomic mass is 10.2. The molecule has 3 rings (SSSR count). The molecule has 0 atom stereocenters. The molecule has 162 valence electrons. The predicted octanol–water partition coefficient (Wildman–Crippen LogP) is 1.20. The predicted molar refractivity (Wildman–Crippen MR) is 113 cm³/mol. The maximum absolute atomic E-state index is 12.7. The number of nitrogens with zero attached hydrogens (tertiary/aromatic N) is 2. The van der Waals surface area contributed by atoms with Crippen molar-refractivity contribution in [1.29, 1.82) is 0 Å². The van der Waals surface area contributed by atoms with Crippen molar-refractivity contribution >= 4 is 26.0 Å². The van der Waals surface area contributed by atoms with Gasteiger partial charge in [-0.1, -0.05) is 35.9 Å². The van der Waals surface area contributed by atoms with Gasteiger partial charge in [0.2, 0.25) is 26.0 Å². The number of amides is 1. The number of carbonyl (C=O) groups excluding carboxylic acids is 1. The van der Waals surface area contributed by atoms with Crippen molar-refractivity contribution in [3.63, 3.8) is 0 Å². The van der Waals surface area contributed by atoms with E-state index in [0.717, 1.165) is 5.56 Å². The van der Waals surface area contributed by atoms with Crippen molar-refractivity contribution in [3.8, 4) is 0 Å². The molecular weight excluding hydrogens is 426 g/mol. The minimum atomic E-state index is -3.66. The second kappa shape index (κ2) is 9.25. The normalized spacial score (nSPS) is 15.8. The molecule has 0 unspecified atom stereocenters. The first-order valence-corrected chi connectivity index (χ1v) is 12.5. The maximum atomic E-state index is 12.7. The molecule has 0 saturated carbocycles. The van der Waals surface area contributed by atoms with Crippen LogP contribution in [-0.2, 0) is 24.8 Å². The Morgan fingerprint density at radius 1 is 0.867 bits per heavy atom. The van der Waals surface area contributed by atoms with Crippen LogP contribution in [0.2, 0.25) is 0 Å². The Morgan fingerprint density at radius 2 is 1.47 bits per heavy atom. The van der Waals surface area contributed by atoms with Gasteiger partial charge in [-0.05, 0) is 31.2 Å². The highest BCUT2D eigenvalue weighted by Gasteiger charge is 2.30. The third-order valence-electron chi connectivity index (χ3n) is 4.93. The molecule has 8 nitrogen and oxygen atoms in total. The summed E-state index contributed by atoms with van der Waals surface area (Å²) in [5.74, 6) is -0.210. The summed E-state index contributed by atoms with van der Waals surface area (Å²) >= 11 is 0. The molecule has 1 aliphatic heterocycles. The van der Waals surface area contributed by atoms with Crippen molar-refractivity contribution in [1.82, 2.24) is 13.9 Å². The largest absolute Gasteiger partial charge is 0.340 e. The SMILES string of the molecule is Cc1ccc(S(=O)(=O)N2CCN(C(=O)CCNS(=O)(=O)c3ccccc3)CC2)cc1. The molecule has 0 radical (unpaired) electrons. The smallest absolute Gasteiger partial charge is 0.243 e. The first-order valence-electron chi connectivity index (χ1n) is 9.59. The first kappa shape index (κ1) is 22.4. The number of piperazine rings is 1. The highest BCUT2D eigenvalue weighted by atomic mass is 32.2. The molecule has 1 heterocycles. The lowest BCUT2D eigenvalue weighted by molar-refractivity contribution is -0.132. The van der Waals surface area contributed by atoms with Crippen molar-refractivity contribution in [2.45, 2.75) is 23.1 Å². The summed E-state index contributed by atoms with van der Waals surface area (Å²) in [6.45, 7) is 2.83. The molecule has 30 heavy (non-hydrogen) atoms. The van der Waals surface area contributed by atoms with Crippen LogP contribution in [0.15, 0.2) is 64.4 Å². The van der Waals surface area contributed by atoms with Gasteiger partial charge in [0.1, 0.15) is 0 Å². The van der Waals surface area contributed by atoms with Crippen LogP contribution in [0.25, 0.3) is 0 Å². The van der Waals surface area contributed by atoms with Crippen LogP contribution >= 0.6 is 0 Å². The number of sulfonamides is 2. The molecule has 1 amide bonds. The summed E-state index contributed by atoms with van der Waals surface area (Å²) in [5.41, 5.74) is 0.979. The average Bonchev–Trinajstić information content (AvgIpc) is 2.74. The summed E-state index contributed by atoms with van der Waals surface area (Å²) in [4.78, 5) is 14.4. The standard InChI is InChI=1S/C20H25N3O5S2/c1-17-7-9-19(10-8-17)30(27,28)23-15-13-22(14-16-23)20(24)11-12-21-29(25,26)18-5-3-2-4-6-18/h2-10,21H,11-16H2,1H3. The van der Waals surface area contributed by atoms with E-state index in [4.69, 9.17) is 0 Å². The third kappa shape index (κ3) is 5.25. The van der Waals surface area contributed by atoms with E-state index in [-0.39, 0.29) is 54.8 Å². The van der Waals surface area contributed by atoms with E-state index in [1.807, 2.05) is 6.92 Å². The van der Waals surface area contributed by atoms with Gasteiger partial charge in [-0.25, -0.2) is 21.6 Å². The molecule has 0 spiro atoms. The Morgan fingerprint density at radius 3 is 2.07 bits per heavy atom. The number of benzene rings is 2. The van der Waals surface area contributed by atoms with Crippen LogP contribution in [0, 0.1) is 6.92 Å². The van der Waals surface area contributed by atoms with Crippen molar-refractivity contribution in [2.24, 2.45) is 0 Å². The summed E-state index contributed by atoms with van der Waals surface area (Å²) in [6, 6.07) is 14.6. The Bertz CT molecular complexity index is 1080. The summed E-state index contributed by atoms with van der Waals surface area (Å²) in [7, 11) is -7.25. The zero-order valence-corrected chi connectivity index (χ0v) is 18.3. The molecule has 0 bridgehead atoms. The van der Waals surface area contributed by atoms with Gasteiger partial charge in [-0.3, -0.25) is 4.79 Å². The van der Waals surface area contributed by atoms with Gasteiger partial charge in [0.05, 0.1) is 9.79 Å². The average molecular weight is 452 g/mol. The zero-order chi connectivity index (χ0) is 21.8. The van der Waals surface area contributed by atoms with E-state index in [1.54, 1.807) is 47.4 Å². The number of nitrogens with one attached hydrogen (secondary N) is 1. The molecule has 10 heteroatoms. The van der Waals surface area contributed by atoms with Crippen molar-refractivity contribution in [3.05, 3.63) is 60.2 Å². The van der Waals surface area contributed by atoms with Gasteiger partial charge >= 0.3 is 0 Å². The van der Waals surface area contributed by atoms with Crippen LogP contribution in [0.4, 0.5) is 0 Å². The van der Waals surface area contributed by atoms with Gasteiger partial charge < -0.3 is 4.90 Å². The monoisotopic (exact) mass is 451 g/mol. The molecule has 0 aliphatic carbocycles. The minimum Gasteiger partial charge on any atom is -0.340 e. The van der Waals surface area contributed by atoms with E-state index >= 15 is 0 Å². The van der Waals surface area contributed by atoms with Crippen LogP contribution in [0.1, 0.15) is 12.0 Å². The Kier molecular flexibility index (Phi) is 6.91. The van der Waals surface area contributed by atoms with E-state index < -0.39 is 20.0 Å². The lowest BCUT2D eigenvalue weighted by Gasteiger charge is -2.34. The van der Waals surface area contributed by atoms with Crippen molar-refractivity contribution < 1.29 is 21.6 Å². The molecule has 1 fully saturated rings.